The Hall–Kier alpha value is -1.51. The molecule has 1 saturated heterocycles. The molecule has 0 saturated carbocycles. The van der Waals surface area contributed by atoms with Gasteiger partial charge in [-0.2, -0.15) is 0 Å². The van der Waals surface area contributed by atoms with Gasteiger partial charge in [0.05, 0.1) is 0 Å². The van der Waals surface area contributed by atoms with E-state index in [4.69, 9.17) is 0 Å². The number of nitrogens with one attached hydrogen (secondary N) is 1. The topological polar surface area (TPSA) is 46.2 Å². The Labute approximate surface area is 83.7 Å². The molecule has 1 aromatic carbocycles. The predicted octanol–water partition coefficient (Wildman–Crippen LogP) is 0.862. The van der Waals surface area contributed by atoms with Gasteiger partial charge < -0.3 is 20.4 Å². The van der Waals surface area contributed by atoms with Gasteiger partial charge in [-0.1, -0.05) is 18.2 Å². The van der Waals surface area contributed by atoms with Gasteiger partial charge in [-0.25, -0.2) is 0 Å². The summed E-state index contributed by atoms with van der Waals surface area (Å²) in [6.45, 7) is 0. The fourth-order valence-electron chi connectivity index (χ4n) is 1.14. The second kappa shape index (κ2) is 3.70. The third kappa shape index (κ3) is 1.87. The van der Waals surface area contributed by atoms with E-state index in [1.807, 2.05) is 30.3 Å². The summed E-state index contributed by atoms with van der Waals surface area (Å²) >= 11 is 0. The minimum atomic E-state index is -0.703. The molecule has 1 N–H and O–H groups in total. The third-order valence-electron chi connectivity index (χ3n) is 1.76. The van der Waals surface area contributed by atoms with Crippen molar-refractivity contribution >= 4 is 21.4 Å². The van der Waals surface area contributed by atoms with Gasteiger partial charge in [0.25, 0.3) is 0 Å². The van der Waals surface area contributed by atoms with Crippen LogP contribution >= 0.6 is 0 Å². The SMILES string of the molecule is O=C1C[S-](#Cc2ccccc2)C(=O)N1. The van der Waals surface area contributed by atoms with Crippen LogP contribution in [0.2, 0.25) is 0 Å². The maximum Gasteiger partial charge on any atom is 0.205 e. The van der Waals surface area contributed by atoms with E-state index < -0.39 is 10.3 Å². The van der Waals surface area contributed by atoms with Crippen LogP contribution < -0.4 is 5.32 Å². The molecule has 0 spiro atoms. The molecule has 0 bridgehead atoms. The molecule has 1 heterocycles. The zero-order chi connectivity index (χ0) is 9.97. The monoisotopic (exact) mass is 206 g/mol. The maximum atomic E-state index is 11.2. The van der Waals surface area contributed by atoms with Gasteiger partial charge in [-0.15, -0.1) is 0 Å². The molecule has 0 unspecified atom stereocenters. The zero-order valence-electron chi connectivity index (χ0n) is 7.32. The Morgan fingerprint density at radius 1 is 1.21 bits per heavy atom. The molecular weight excluding hydrogens is 198 g/mol. The molecule has 1 aliphatic heterocycles. The largest absolute Gasteiger partial charge is 0.357 e. The van der Waals surface area contributed by atoms with Crippen molar-refractivity contribution in [2.75, 3.05) is 5.75 Å². The second-order valence-electron chi connectivity index (χ2n) is 2.84. The first kappa shape index (κ1) is 9.06. The third-order valence-corrected chi connectivity index (χ3v) is 3.34. The number of carbonyl (C=O) groups is 2. The van der Waals surface area contributed by atoms with E-state index in [2.05, 4.69) is 10.5 Å². The number of benzene rings is 1. The van der Waals surface area contributed by atoms with Crippen molar-refractivity contribution in [3.8, 4) is 5.18 Å². The lowest BCUT2D eigenvalue weighted by Crippen LogP contribution is -2.19. The molecule has 4 heteroatoms. The normalized spacial score (nSPS) is 16.6. The van der Waals surface area contributed by atoms with E-state index in [0.29, 0.717) is 0 Å². The van der Waals surface area contributed by atoms with Crippen LogP contribution in [0.5, 0.6) is 0 Å². The lowest BCUT2D eigenvalue weighted by molar-refractivity contribution is -0.117. The smallest absolute Gasteiger partial charge is 0.205 e. The molecule has 2 amide bonds. The molecule has 1 aromatic rings. The van der Waals surface area contributed by atoms with Crippen molar-refractivity contribution in [3.05, 3.63) is 35.9 Å². The summed E-state index contributed by atoms with van der Waals surface area (Å²) in [4.78, 5) is 22.1. The molecule has 3 nitrogen and oxygen atoms in total. The van der Waals surface area contributed by atoms with Crippen molar-refractivity contribution in [1.82, 2.24) is 5.32 Å². The highest BCUT2D eigenvalue weighted by atomic mass is 32.2. The number of carbonyl (C=O) groups excluding carboxylic acids is 2. The molecule has 14 heavy (non-hydrogen) atoms. The van der Waals surface area contributed by atoms with Gasteiger partial charge in [0, 0.05) is 0 Å². The molecule has 1 aliphatic rings. The fraction of sp³-hybridized carbons (Fsp3) is 0.100. The first-order valence-corrected chi connectivity index (χ1v) is 5.51. The summed E-state index contributed by atoms with van der Waals surface area (Å²) in [7, 11) is -0.703. The standard InChI is InChI=1S/C10H8NO2S/c12-9-7-14(10(13)11-9)6-8-4-2-1-3-5-8/h1-5H,7H2,(H,11,12,13)/q-1. The van der Waals surface area contributed by atoms with Crippen molar-refractivity contribution in [3.63, 3.8) is 0 Å². The average Bonchev–Trinajstić information content (AvgIpc) is 2.47. The number of amides is 2. The molecule has 1 fully saturated rings. The summed E-state index contributed by atoms with van der Waals surface area (Å²) in [5.74, 6) is 0.0371. The Morgan fingerprint density at radius 3 is 2.50 bits per heavy atom. The fourth-order valence-corrected chi connectivity index (χ4v) is 2.43. The van der Waals surface area contributed by atoms with Crippen molar-refractivity contribution in [1.29, 1.82) is 0 Å². The Kier molecular flexibility index (Phi) is 2.39. The van der Waals surface area contributed by atoms with Crippen LogP contribution in [-0.4, -0.2) is 16.9 Å². The van der Waals surface area contributed by atoms with E-state index in [1.54, 1.807) is 0 Å². The van der Waals surface area contributed by atoms with Gasteiger partial charge in [0.1, 0.15) is 5.24 Å². The van der Waals surface area contributed by atoms with Crippen molar-refractivity contribution < 1.29 is 9.59 Å². The summed E-state index contributed by atoms with van der Waals surface area (Å²) in [6.07, 6.45) is 0. The Morgan fingerprint density at radius 2 is 1.93 bits per heavy atom. The van der Waals surface area contributed by atoms with Crippen LogP contribution in [0, 0.1) is 5.18 Å². The minimum Gasteiger partial charge on any atom is -0.357 e. The molecule has 72 valence electrons. The molecule has 0 aromatic heterocycles. The Balaban J connectivity index is 2.36. The minimum absolute atomic E-state index is 0.207. The zero-order valence-corrected chi connectivity index (χ0v) is 8.14. The summed E-state index contributed by atoms with van der Waals surface area (Å²) < 4.78 is 0. The van der Waals surface area contributed by atoms with Crippen LogP contribution in [0.15, 0.2) is 30.3 Å². The van der Waals surface area contributed by atoms with E-state index in [-0.39, 0.29) is 16.9 Å². The number of rotatable bonds is 0. The quantitative estimate of drug-likeness (QED) is 0.640. The second-order valence-corrected chi connectivity index (χ2v) is 4.48. The Bertz CT molecular complexity index is 467. The van der Waals surface area contributed by atoms with Gasteiger partial charge >= 0.3 is 0 Å². The first-order chi connectivity index (χ1) is 6.75. The number of hydrogen-bond donors (Lipinski definition) is 1. The highest BCUT2D eigenvalue weighted by Gasteiger charge is 2.08. The summed E-state index contributed by atoms with van der Waals surface area (Å²) in [6, 6.07) is 9.38. The lowest BCUT2D eigenvalue weighted by atomic mass is 10.2. The molecular formula is C10H8NO2S-. The van der Waals surface area contributed by atoms with E-state index in [1.165, 1.54) is 0 Å². The van der Waals surface area contributed by atoms with E-state index in [0.717, 1.165) is 5.56 Å². The number of imide groups is 1. The van der Waals surface area contributed by atoms with E-state index in [9.17, 15) is 9.59 Å². The van der Waals surface area contributed by atoms with Gasteiger partial charge in [0.15, 0.2) is 0 Å². The van der Waals surface area contributed by atoms with Gasteiger partial charge in [-0.05, 0) is 23.4 Å². The van der Waals surface area contributed by atoms with Gasteiger partial charge in [0.2, 0.25) is 5.91 Å². The van der Waals surface area contributed by atoms with E-state index >= 15 is 0 Å². The highest BCUT2D eigenvalue weighted by molar-refractivity contribution is 8.03. The first-order valence-electron chi connectivity index (χ1n) is 4.12. The molecule has 0 radical (unpaired) electrons. The predicted molar refractivity (Wildman–Crippen MR) is 55.2 cm³/mol. The van der Waals surface area contributed by atoms with Crippen LogP contribution in [0.4, 0.5) is 4.79 Å². The van der Waals surface area contributed by atoms with Crippen LogP contribution in [0.1, 0.15) is 5.56 Å². The summed E-state index contributed by atoms with van der Waals surface area (Å²) in [5.41, 5.74) is 0.862. The van der Waals surface area contributed by atoms with Crippen LogP contribution in [0.3, 0.4) is 0 Å². The van der Waals surface area contributed by atoms with Crippen LogP contribution in [-0.2, 0) is 15.1 Å². The lowest BCUT2D eigenvalue weighted by Gasteiger charge is -2.03. The van der Waals surface area contributed by atoms with Crippen molar-refractivity contribution in [2.24, 2.45) is 0 Å². The number of hydrogen-bond acceptors (Lipinski definition) is 3. The molecule has 0 atom stereocenters. The molecule has 0 aliphatic carbocycles. The summed E-state index contributed by atoms with van der Waals surface area (Å²) in [5, 5.41) is 5.05. The maximum absolute atomic E-state index is 11.2. The van der Waals surface area contributed by atoms with Crippen molar-refractivity contribution in [2.45, 2.75) is 0 Å². The van der Waals surface area contributed by atoms with Gasteiger partial charge in [-0.3, -0.25) is 9.98 Å². The van der Waals surface area contributed by atoms with Crippen LogP contribution in [0.25, 0.3) is 0 Å². The average molecular weight is 206 g/mol. The highest BCUT2D eigenvalue weighted by Crippen LogP contribution is 2.00. The molecule has 2 rings (SSSR count).